The Labute approximate surface area is 354 Å². The maximum absolute atomic E-state index is 5.61. The van der Waals surface area contributed by atoms with Gasteiger partial charge in [-0.15, -0.1) is 0 Å². The van der Waals surface area contributed by atoms with E-state index in [0.717, 1.165) is 94.4 Å². The molecule has 0 N–H and O–H groups in total. The topological polar surface area (TPSA) is 54.8 Å². The van der Waals surface area contributed by atoms with Crippen molar-refractivity contribution in [3.05, 3.63) is 225 Å². The van der Waals surface area contributed by atoms with Crippen LogP contribution < -0.4 is 4.90 Å². The fraction of sp³-hybridized carbons (Fsp3) is 0. The van der Waals surface area contributed by atoms with E-state index in [1.165, 1.54) is 5.56 Å². The smallest absolute Gasteiger partial charge is 0.160 e. The Morgan fingerprint density at radius 2 is 0.885 bits per heavy atom. The SMILES string of the molecule is c1ccc(-c2ccc(-c3nc(-c4ccccc4)cc(-c4ccc5c(c4)nc(-c4ccccc4)c4c(N(c6ccccc6)c6ccncc6)cc6ccccc6c45)n3)cc2)cc1. The minimum Gasteiger partial charge on any atom is -0.310 e. The zero-order valence-electron chi connectivity index (χ0n) is 33.1. The van der Waals surface area contributed by atoms with Crippen molar-refractivity contribution in [2.75, 3.05) is 4.90 Å². The van der Waals surface area contributed by atoms with E-state index in [4.69, 9.17) is 15.0 Å². The van der Waals surface area contributed by atoms with E-state index in [9.17, 15) is 0 Å². The lowest BCUT2D eigenvalue weighted by molar-refractivity contribution is 1.18. The lowest BCUT2D eigenvalue weighted by Gasteiger charge is -2.28. The van der Waals surface area contributed by atoms with Crippen molar-refractivity contribution >= 4 is 49.5 Å². The standard InChI is InChI=1S/C56H37N5/c1-5-15-38(16-6-1)39-25-27-42(28-26-39)56-59-49(40-17-7-2-8-18-40)37-50(60-56)44-29-30-48-51(35-44)58-55(41-19-9-3-10-20-41)54-52(36-43-21-13-14-24-47(43)53(48)54)61(45-22-11-4-12-23-45)46-31-33-57-34-32-46/h1-37H. The zero-order valence-corrected chi connectivity index (χ0v) is 33.1. The van der Waals surface area contributed by atoms with E-state index in [1.54, 1.807) is 0 Å². The largest absolute Gasteiger partial charge is 0.310 e. The number of aromatic nitrogens is 4. The van der Waals surface area contributed by atoms with Gasteiger partial charge < -0.3 is 4.90 Å². The molecule has 8 aromatic carbocycles. The van der Waals surface area contributed by atoms with Crippen molar-refractivity contribution in [3.8, 4) is 56.3 Å². The molecule has 286 valence electrons. The number of anilines is 3. The van der Waals surface area contributed by atoms with Gasteiger partial charge in [-0.3, -0.25) is 4.98 Å². The van der Waals surface area contributed by atoms with Gasteiger partial charge in [0.25, 0.3) is 0 Å². The second-order valence-corrected chi connectivity index (χ2v) is 15.1. The van der Waals surface area contributed by atoms with E-state index in [0.29, 0.717) is 5.82 Å². The third-order valence-electron chi connectivity index (χ3n) is 11.3. The van der Waals surface area contributed by atoms with E-state index in [2.05, 4.69) is 198 Å². The van der Waals surface area contributed by atoms with E-state index >= 15 is 0 Å². The molecule has 61 heavy (non-hydrogen) atoms. The van der Waals surface area contributed by atoms with Crippen LogP contribution in [0.5, 0.6) is 0 Å². The summed E-state index contributed by atoms with van der Waals surface area (Å²) in [4.78, 5) is 22.7. The zero-order chi connectivity index (χ0) is 40.5. The van der Waals surface area contributed by atoms with E-state index in [-0.39, 0.29) is 0 Å². The summed E-state index contributed by atoms with van der Waals surface area (Å²) in [5, 5.41) is 5.58. The average molecular weight is 780 g/mol. The lowest BCUT2D eigenvalue weighted by atomic mass is 9.92. The van der Waals surface area contributed by atoms with Crippen LogP contribution in [0.15, 0.2) is 225 Å². The number of hydrogen-bond acceptors (Lipinski definition) is 5. The van der Waals surface area contributed by atoms with Crippen molar-refractivity contribution in [2.24, 2.45) is 0 Å². The van der Waals surface area contributed by atoms with Gasteiger partial charge >= 0.3 is 0 Å². The average Bonchev–Trinajstić information content (AvgIpc) is 3.35. The maximum atomic E-state index is 5.61. The second kappa shape index (κ2) is 15.5. The first-order chi connectivity index (χ1) is 30.2. The molecular weight excluding hydrogens is 743 g/mol. The second-order valence-electron chi connectivity index (χ2n) is 15.1. The van der Waals surface area contributed by atoms with Crippen LogP contribution in [0.1, 0.15) is 0 Å². The highest BCUT2D eigenvalue weighted by Crippen LogP contribution is 2.47. The van der Waals surface area contributed by atoms with Crippen LogP contribution in [0.2, 0.25) is 0 Å². The number of hydrogen-bond donors (Lipinski definition) is 0. The highest BCUT2D eigenvalue weighted by Gasteiger charge is 2.23. The predicted molar refractivity (Wildman–Crippen MR) is 252 cm³/mol. The molecule has 0 atom stereocenters. The third kappa shape index (κ3) is 6.74. The summed E-state index contributed by atoms with van der Waals surface area (Å²) in [7, 11) is 0. The number of para-hydroxylation sites is 1. The van der Waals surface area contributed by atoms with Gasteiger partial charge in [-0.25, -0.2) is 15.0 Å². The predicted octanol–water partition coefficient (Wildman–Crippen LogP) is 14.5. The normalized spacial score (nSPS) is 11.3. The summed E-state index contributed by atoms with van der Waals surface area (Å²) < 4.78 is 0. The van der Waals surface area contributed by atoms with Gasteiger partial charge in [-0.2, -0.15) is 0 Å². The summed E-state index contributed by atoms with van der Waals surface area (Å²) >= 11 is 0. The quantitative estimate of drug-likeness (QED) is 0.144. The van der Waals surface area contributed by atoms with Crippen molar-refractivity contribution in [1.82, 2.24) is 19.9 Å². The Morgan fingerprint density at radius 1 is 0.344 bits per heavy atom. The first-order valence-corrected chi connectivity index (χ1v) is 20.5. The molecule has 0 bridgehead atoms. The molecule has 0 fully saturated rings. The molecule has 0 amide bonds. The molecule has 11 rings (SSSR count). The molecule has 0 aliphatic carbocycles. The van der Waals surface area contributed by atoms with E-state index < -0.39 is 0 Å². The number of nitrogens with zero attached hydrogens (tertiary/aromatic N) is 5. The highest BCUT2D eigenvalue weighted by atomic mass is 15.1. The highest BCUT2D eigenvalue weighted by molar-refractivity contribution is 6.27. The molecular formula is C56H37N5. The van der Waals surface area contributed by atoms with Crippen LogP contribution in [0.3, 0.4) is 0 Å². The van der Waals surface area contributed by atoms with Gasteiger partial charge in [-0.05, 0) is 64.4 Å². The molecule has 3 aromatic heterocycles. The Morgan fingerprint density at radius 3 is 1.59 bits per heavy atom. The summed E-state index contributed by atoms with van der Waals surface area (Å²) in [6, 6.07) is 74.2. The van der Waals surface area contributed by atoms with Crippen LogP contribution in [0, 0.1) is 0 Å². The first kappa shape index (κ1) is 35.8. The minimum absolute atomic E-state index is 0.667. The van der Waals surface area contributed by atoms with Gasteiger partial charge in [-0.1, -0.05) is 170 Å². The Kier molecular flexibility index (Phi) is 9.10. The van der Waals surface area contributed by atoms with Gasteiger partial charge in [0.1, 0.15) is 0 Å². The van der Waals surface area contributed by atoms with Crippen LogP contribution in [0.25, 0.3) is 88.7 Å². The molecule has 0 saturated heterocycles. The monoisotopic (exact) mass is 779 g/mol. The molecule has 5 heteroatoms. The van der Waals surface area contributed by atoms with Crippen LogP contribution >= 0.6 is 0 Å². The van der Waals surface area contributed by atoms with Gasteiger partial charge in [0, 0.05) is 62.2 Å². The third-order valence-corrected chi connectivity index (χ3v) is 11.3. The van der Waals surface area contributed by atoms with Crippen molar-refractivity contribution in [3.63, 3.8) is 0 Å². The molecule has 0 spiro atoms. The summed E-state index contributed by atoms with van der Waals surface area (Å²) in [6.07, 6.45) is 3.70. The number of benzene rings is 8. The fourth-order valence-electron chi connectivity index (χ4n) is 8.43. The summed E-state index contributed by atoms with van der Waals surface area (Å²) in [5.74, 6) is 0.667. The summed E-state index contributed by atoms with van der Waals surface area (Å²) in [6.45, 7) is 0. The Bertz CT molecular complexity index is 3280. The summed E-state index contributed by atoms with van der Waals surface area (Å²) in [5.41, 5.74) is 12.9. The molecule has 0 aliphatic rings. The van der Waals surface area contributed by atoms with Crippen LogP contribution in [-0.4, -0.2) is 19.9 Å². The molecule has 0 aliphatic heterocycles. The molecule has 5 nitrogen and oxygen atoms in total. The molecule has 0 unspecified atom stereocenters. The number of rotatable bonds is 8. The van der Waals surface area contributed by atoms with Crippen LogP contribution in [0.4, 0.5) is 17.1 Å². The van der Waals surface area contributed by atoms with E-state index in [1.807, 2.05) is 36.7 Å². The Hall–Kier alpha value is -8.28. The van der Waals surface area contributed by atoms with Gasteiger partial charge in [0.05, 0.1) is 28.3 Å². The molecule has 0 saturated carbocycles. The molecule has 3 heterocycles. The number of fused-ring (bicyclic) bond motifs is 5. The maximum Gasteiger partial charge on any atom is 0.160 e. The van der Waals surface area contributed by atoms with Crippen molar-refractivity contribution in [2.45, 2.75) is 0 Å². The fourth-order valence-corrected chi connectivity index (χ4v) is 8.43. The minimum atomic E-state index is 0.667. The van der Waals surface area contributed by atoms with Crippen LogP contribution in [-0.2, 0) is 0 Å². The number of pyridine rings is 2. The van der Waals surface area contributed by atoms with Crippen molar-refractivity contribution in [1.29, 1.82) is 0 Å². The Balaban J connectivity index is 1.16. The lowest BCUT2D eigenvalue weighted by Crippen LogP contribution is -2.11. The van der Waals surface area contributed by atoms with Gasteiger partial charge in [0.2, 0.25) is 0 Å². The molecule has 0 radical (unpaired) electrons. The molecule has 11 aromatic rings. The van der Waals surface area contributed by atoms with Gasteiger partial charge in [0.15, 0.2) is 5.82 Å². The van der Waals surface area contributed by atoms with Crippen molar-refractivity contribution < 1.29 is 0 Å². The first-order valence-electron chi connectivity index (χ1n) is 20.5.